The quantitative estimate of drug-likeness (QED) is 0.485. The molecule has 1 saturated carbocycles. The Morgan fingerprint density at radius 3 is 2.81 bits per heavy atom. The topological polar surface area (TPSA) is 0 Å². The molecule has 0 heterocycles. The number of hydrogen-bond donors (Lipinski definition) is 0. The van der Waals surface area contributed by atoms with Gasteiger partial charge in [-0.25, -0.2) is 0 Å². The van der Waals surface area contributed by atoms with E-state index in [2.05, 4.69) is 43.3 Å². The average Bonchev–Trinajstić information content (AvgIpc) is 2.79. The second-order valence-electron chi connectivity index (χ2n) is 4.86. The zero-order valence-corrected chi connectivity index (χ0v) is 10.3. The molecule has 2 rings (SSSR count). The summed E-state index contributed by atoms with van der Waals surface area (Å²) in [6, 6.07) is 11.0. The normalized spacial score (nSPS) is 22.8. The number of benzene rings is 1. The summed E-state index contributed by atoms with van der Waals surface area (Å²) in [6.45, 7) is 2.26. The summed E-state index contributed by atoms with van der Waals surface area (Å²) in [4.78, 5) is 0. The molecule has 86 valence electrons. The first-order valence-electron chi connectivity index (χ1n) is 6.63. The van der Waals surface area contributed by atoms with Crippen molar-refractivity contribution >= 4 is 0 Å². The van der Waals surface area contributed by atoms with Crippen LogP contribution in [0.4, 0.5) is 0 Å². The zero-order valence-electron chi connectivity index (χ0n) is 10.3. The predicted octanol–water partition coefficient (Wildman–Crippen LogP) is 5.07. The highest BCUT2D eigenvalue weighted by molar-refractivity contribution is 5.25. The van der Waals surface area contributed by atoms with Crippen molar-refractivity contribution in [3.63, 3.8) is 0 Å². The van der Waals surface area contributed by atoms with Crippen LogP contribution in [0.5, 0.6) is 0 Å². The van der Waals surface area contributed by atoms with Crippen molar-refractivity contribution in [2.75, 3.05) is 0 Å². The van der Waals surface area contributed by atoms with Crippen molar-refractivity contribution in [3.05, 3.63) is 47.5 Å². The Hall–Kier alpha value is -1.04. The maximum atomic E-state index is 2.49. The lowest BCUT2D eigenvalue weighted by Gasteiger charge is -2.07. The first-order valence-corrected chi connectivity index (χ1v) is 6.63. The molecule has 0 amide bonds. The molecule has 0 bridgehead atoms. The number of hydrogen-bond acceptors (Lipinski definition) is 0. The van der Waals surface area contributed by atoms with Crippen LogP contribution in [0.3, 0.4) is 0 Å². The first kappa shape index (κ1) is 11.4. The highest BCUT2D eigenvalue weighted by atomic mass is 14.2. The third-order valence-corrected chi connectivity index (χ3v) is 3.58. The minimum absolute atomic E-state index is 0.786. The summed E-state index contributed by atoms with van der Waals surface area (Å²) in [5.41, 5.74) is 3.23. The average molecular weight is 214 g/mol. The van der Waals surface area contributed by atoms with E-state index in [9.17, 15) is 0 Å². The fraction of sp³-hybridized carbons (Fsp3) is 0.500. The third-order valence-electron chi connectivity index (χ3n) is 3.58. The lowest BCUT2D eigenvalue weighted by molar-refractivity contribution is 0.730. The maximum Gasteiger partial charge on any atom is -0.0122 e. The van der Waals surface area contributed by atoms with Gasteiger partial charge in [-0.3, -0.25) is 0 Å². The molecular weight excluding hydrogens is 192 g/mol. The molecule has 1 atom stereocenters. The van der Waals surface area contributed by atoms with E-state index in [-0.39, 0.29) is 0 Å². The third kappa shape index (κ3) is 2.98. The van der Waals surface area contributed by atoms with Gasteiger partial charge in [0, 0.05) is 0 Å². The molecule has 1 aromatic rings. The van der Waals surface area contributed by atoms with E-state index in [1.54, 1.807) is 5.57 Å². The van der Waals surface area contributed by atoms with Crippen molar-refractivity contribution in [2.45, 2.75) is 51.4 Å². The van der Waals surface area contributed by atoms with Gasteiger partial charge in [0.05, 0.1) is 0 Å². The Morgan fingerprint density at radius 2 is 2.06 bits per heavy atom. The minimum Gasteiger partial charge on any atom is -0.0853 e. The van der Waals surface area contributed by atoms with Gasteiger partial charge in [-0.1, -0.05) is 61.7 Å². The van der Waals surface area contributed by atoms with Gasteiger partial charge < -0.3 is 0 Å². The summed E-state index contributed by atoms with van der Waals surface area (Å²) in [7, 11) is 0. The van der Waals surface area contributed by atoms with Crippen LogP contribution in [0.2, 0.25) is 0 Å². The fourth-order valence-electron chi connectivity index (χ4n) is 2.59. The van der Waals surface area contributed by atoms with Crippen molar-refractivity contribution in [1.82, 2.24) is 0 Å². The van der Waals surface area contributed by atoms with Crippen LogP contribution in [0.1, 0.15) is 56.9 Å². The number of rotatable bonds is 4. The van der Waals surface area contributed by atoms with Gasteiger partial charge in [-0.05, 0) is 37.2 Å². The summed E-state index contributed by atoms with van der Waals surface area (Å²) in [6.07, 6.45) is 10.4. The van der Waals surface area contributed by atoms with Gasteiger partial charge in [-0.2, -0.15) is 0 Å². The van der Waals surface area contributed by atoms with Crippen molar-refractivity contribution in [1.29, 1.82) is 0 Å². The van der Waals surface area contributed by atoms with Crippen molar-refractivity contribution < 1.29 is 0 Å². The Morgan fingerprint density at radius 1 is 1.25 bits per heavy atom. The largest absolute Gasteiger partial charge is 0.0853 e. The van der Waals surface area contributed by atoms with E-state index in [1.165, 1.54) is 44.1 Å². The molecule has 1 unspecified atom stereocenters. The number of allylic oxidation sites excluding steroid dienone is 2. The van der Waals surface area contributed by atoms with E-state index >= 15 is 0 Å². The van der Waals surface area contributed by atoms with Crippen molar-refractivity contribution in [2.24, 2.45) is 0 Å². The first-order chi connectivity index (χ1) is 7.90. The van der Waals surface area contributed by atoms with E-state index in [1.807, 2.05) is 0 Å². The summed E-state index contributed by atoms with van der Waals surface area (Å²) < 4.78 is 0. The zero-order chi connectivity index (χ0) is 11.2. The summed E-state index contributed by atoms with van der Waals surface area (Å²) >= 11 is 0. The molecule has 0 aromatic heterocycles. The molecule has 0 heteroatoms. The molecule has 0 spiro atoms. The van der Waals surface area contributed by atoms with Gasteiger partial charge in [0.15, 0.2) is 0 Å². The van der Waals surface area contributed by atoms with Crippen LogP contribution in [0.15, 0.2) is 42.0 Å². The molecule has 1 aliphatic carbocycles. The predicted molar refractivity (Wildman–Crippen MR) is 70.6 cm³/mol. The van der Waals surface area contributed by atoms with E-state index in [0.717, 1.165) is 5.92 Å². The maximum absolute atomic E-state index is 2.49. The van der Waals surface area contributed by atoms with Gasteiger partial charge in [0.2, 0.25) is 0 Å². The Labute approximate surface area is 99.4 Å². The number of unbranched alkanes of at least 4 members (excludes halogenated alkanes) is 2. The lowest BCUT2D eigenvalue weighted by atomic mass is 9.97. The van der Waals surface area contributed by atoms with Gasteiger partial charge >= 0.3 is 0 Å². The Kier molecular flexibility index (Phi) is 4.21. The Balaban J connectivity index is 1.91. The molecule has 0 nitrogen and oxygen atoms in total. The monoisotopic (exact) mass is 214 g/mol. The second kappa shape index (κ2) is 5.89. The SMILES string of the molecule is CCCC/C=C1/CCC(c2ccccc2)C1. The molecule has 16 heavy (non-hydrogen) atoms. The van der Waals surface area contributed by atoms with Crippen LogP contribution in [0, 0.1) is 0 Å². The van der Waals surface area contributed by atoms with E-state index in [4.69, 9.17) is 0 Å². The molecular formula is C16H22. The minimum atomic E-state index is 0.786. The van der Waals surface area contributed by atoms with Gasteiger partial charge in [0.25, 0.3) is 0 Å². The molecule has 1 aromatic carbocycles. The summed E-state index contributed by atoms with van der Waals surface area (Å²) in [5, 5.41) is 0. The highest BCUT2D eigenvalue weighted by Gasteiger charge is 2.20. The van der Waals surface area contributed by atoms with Gasteiger partial charge in [0.1, 0.15) is 0 Å². The van der Waals surface area contributed by atoms with Crippen molar-refractivity contribution in [3.8, 4) is 0 Å². The molecule has 0 N–H and O–H groups in total. The van der Waals surface area contributed by atoms with E-state index < -0.39 is 0 Å². The van der Waals surface area contributed by atoms with Crippen LogP contribution in [-0.2, 0) is 0 Å². The van der Waals surface area contributed by atoms with Gasteiger partial charge in [-0.15, -0.1) is 0 Å². The highest BCUT2D eigenvalue weighted by Crippen LogP contribution is 2.37. The molecule has 1 aliphatic rings. The standard InChI is InChI=1S/C16H22/c1-2-3-5-8-14-11-12-16(13-14)15-9-6-4-7-10-15/h4,6-10,16H,2-3,5,11-13H2,1H3/b14-8-. The molecule has 0 saturated heterocycles. The van der Waals surface area contributed by atoms with Crippen LogP contribution < -0.4 is 0 Å². The fourth-order valence-corrected chi connectivity index (χ4v) is 2.59. The molecule has 0 radical (unpaired) electrons. The van der Waals surface area contributed by atoms with Crippen LogP contribution in [0.25, 0.3) is 0 Å². The Bertz CT molecular complexity index is 334. The second-order valence-corrected chi connectivity index (χ2v) is 4.86. The van der Waals surface area contributed by atoms with Crippen LogP contribution in [-0.4, -0.2) is 0 Å². The molecule has 0 aliphatic heterocycles. The van der Waals surface area contributed by atoms with Crippen LogP contribution >= 0.6 is 0 Å². The summed E-state index contributed by atoms with van der Waals surface area (Å²) in [5.74, 6) is 0.786. The molecule has 1 fully saturated rings. The smallest absolute Gasteiger partial charge is 0.0122 e. The van der Waals surface area contributed by atoms with E-state index in [0.29, 0.717) is 0 Å². The lowest BCUT2D eigenvalue weighted by Crippen LogP contribution is -1.90.